The Morgan fingerprint density at radius 3 is 2.18 bits per heavy atom. The Morgan fingerprint density at radius 1 is 0.775 bits per heavy atom. The Kier molecular flexibility index (Phi) is 22.6. The number of methoxy groups -OCH3 is 2. The van der Waals surface area contributed by atoms with E-state index < -0.39 is 70.6 Å². The normalized spacial score (nSPS) is 14.2. The molecule has 0 aliphatic carbocycles. The molecule has 4 rings (SSSR count). The Labute approximate surface area is 416 Å². The fourth-order valence-electron chi connectivity index (χ4n) is 7.31. The zero-order chi connectivity index (χ0) is 52.1. The maximum absolute atomic E-state index is 14.0. The molecule has 0 radical (unpaired) electrons. The van der Waals surface area contributed by atoms with E-state index in [2.05, 4.69) is 21.3 Å². The first-order valence-electron chi connectivity index (χ1n) is 23.2. The summed E-state index contributed by atoms with van der Waals surface area (Å²) in [7, 11) is 3.08. The fraction of sp³-hybridized carbons (Fsp3) is 0.500. The monoisotopic (exact) mass is 1020 g/mol. The summed E-state index contributed by atoms with van der Waals surface area (Å²) in [6, 6.07) is 13.9. The van der Waals surface area contributed by atoms with E-state index in [1.807, 2.05) is 19.1 Å². The molecule has 1 saturated heterocycles. The quantitative estimate of drug-likeness (QED) is 0.0268. The average Bonchev–Trinajstić information content (AvgIpc) is 3.35. The molecule has 1 aliphatic rings. The molecule has 4 N–H and O–H groups in total. The van der Waals surface area contributed by atoms with Crippen LogP contribution in [0.1, 0.15) is 98.9 Å². The number of benzene rings is 3. The number of carbonyl (C=O) groups excluding carboxylic acids is 7. The third-order valence-electron chi connectivity index (χ3n) is 11.7. The third kappa shape index (κ3) is 18.1. The van der Waals surface area contributed by atoms with E-state index in [4.69, 9.17) is 35.3 Å². The lowest BCUT2D eigenvalue weighted by atomic mass is 9.84. The number of esters is 1. The molecule has 17 nitrogen and oxygen atoms in total. The highest BCUT2D eigenvalue weighted by atomic mass is 35.5. The first-order valence-corrected chi connectivity index (χ1v) is 23.8. The van der Waals surface area contributed by atoms with Crippen molar-refractivity contribution in [2.45, 2.75) is 90.5 Å². The highest BCUT2D eigenvalue weighted by Crippen LogP contribution is 2.34. The zero-order valence-corrected chi connectivity index (χ0v) is 41.4. The van der Waals surface area contributed by atoms with Crippen LogP contribution in [0.5, 0.6) is 11.5 Å². The first kappa shape index (κ1) is 57.3. The highest BCUT2D eigenvalue weighted by Gasteiger charge is 2.41. The topological polar surface area (TPSA) is 217 Å². The van der Waals surface area contributed by atoms with Gasteiger partial charge in [-0.05, 0) is 92.1 Å². The Balaban J connectivity index is 1.23. The maximum atomic E-state index is 14.0. The molecule has 2 atom stereocenters. The lowest BCUT2D eigenvalue weighted by molar-refractivity contribution is -0.164. The van der Waals surface area contributed by atoms with E-state index in [-0.39, 0.29) is 76.1 Å². The van der Waals surface area contributed by atoms with E-state index in [1.165, 1.54) is 12.0 Å². The number of nitrogens with zero attached hydrogens (tertiary/aromatic N) is 1. The molecule has 1 fully saturated rings. The number of alkyl halides is 4. The van der Waals surface area contributed by atoms with Crippen LogP contribution in [-0.4, -0.2) is 118 Å². The minimum atomic E-state index is -4.79. The first-order chi connectivity index (χ1) is 33.8. The van der Waals surface area contributed by atoms with E-state index in [0.29, 0.717) is 73.4 Å². The van der Waals surface area contributed by atoms with Gasteiger partial charge >= 0.3 is 12.1 Å². The number of amides is 5. The number of nitrogens with one attached hydrogen (secondary N) is 4. The van der Waals surface area contributed by atoms with Crippen LogP contribution in [0.2, 0.25) is 0 Å². The van der Waals surface area contributed by atoms with Gasteiger partial charge in [0.05, 0.1) is 52.6 Å². The van der Waals surface area contributed by atoms with Crippen molar-refractivity contribution in [3.63, 3.8) is 0 Å². The van der Waals surface area contributed by atoms with Crippen molar-refractivity contribution >= 4 is 64.3 Å². The number of carbonyl (C=O) groups is 7. The van der Waals surface area contributed by atoms with Gasteiger partial charge in [-0.2, -0.15) is 13.2 Å². The van der Waals surface area contributed by atoms with Gasteiger partial charge in [0.15, 0.2) is 11.5 Å². The predicted molar refractivity (Wildman–Crippen MR) is 257 cm³/mol. The van der Waals surface area contributed by atoms with Crippen LogP contribution in [0.15, 0.2) is 60.7 Å². The van der Waals surface area contributed by atoms with Crippen LogP contribution in [0, 0.1) is 5.41 Å². The number of ketones is 1. The molecule has 5 amide bonds. The molecule has 1 heterocycles. The summed E-state index contributed by atoms with van der Waals surface area (Å²) in [4.78, 5) is 91.4. The van der Waals surface area contributed by atoms with Crippen LogP contribution < -0.4 is 30.7 Å². The molecule has 0 saturated carbocycles. The van der Waals surface area contributed by atoms with Gasteiger partial charge in [0.1, 0.15) is 18.0 Å². The number of hydrogen-bond acceptors (Lipinski definition) is 12. The van der Waals surface area contributed by atoms with Crippen LogP contribution in [0.3, 0.4) is 0 Å². The summed E-state index contributed by atoms with van der Waals surface area (Å²) >= 11 is 5.42. The second-order valence-corrected chi connectivity index (χ2v) is 17.5. The Morgan fingerprint density at radius 2 is 1.49 bits per heavy atom. The van der Waals surface area contributed by atoms with E-state index in [9.17, 15) is 46.7 Å². The van der Waals surface area contributed by atoms with E-state index in [0.717, 1.165) is 11.6 Å². The number of rotatable bonds is 27. The molecule has 3 aromatic rings. The van der Waals surface area contributed by atoms with E-state index >= 15 is 0 Å². The minimum absolute atomic E-state index is 0.00711. The molecular formula is C50H63ClF3N5O12. The van der Waals surface area contributed by atoms with Crippen LogP contribution >= 0.6 is 11.6 Å². The predicted octanol–water partition coefficient (Wildman–Crippen LogP) is 6.80. The van der Waals surface area contributed by atoms with Crippen molar-refractivity contribution in [1.29, 1.82) is 0 Å². The number of ether oxygens (including phenoxy) is 5. The summed E-state index contributed by atoms with van der Waals surface area (Å²) in [5.41, 5.74) is -0.724. The molecule has 1 aliphatic heterocycles. The fourth-order valence-corrected chi connectivity index (χ4v) is 7.37. The zero-order valence-electron chi connectivity index (χ0n) is 40.6. The third-order valence-corrected chi connectivity index (χ3v) is 11.9. The molecule has 21 heteroatoms. The highest BCUT2D eigenvalue weighted by molar-refractivity contribution is 6.38. The Hall–Kier alpha value is -6.25. The number of anilines is 2. The van der Waals surface area contributed by atoms with Crippen molar-refractivity contribution in [2.75, 3.05) is 76.8 Å². The van der Waals surface area contributed by atoms with Gasteiger partial charge in [0, 0.05) is 48.4 Å². The summed E-state index contributed by atoms with van der Waals surface area (Å²) in [6.45, 7) is 5.97. The lowest BCUT2D eigenvalue weighted by Gasteiger charge is -2.36. The molecule has 0 spiro atoms. The number of halogens is 4. The maximum Gasteiger partial charge on any atom is 0.416 e. The molecule has 0 aromatic heterocycles. The molecule has 71 heavy (non-hydrogen) atoms. The second-order valence-electron chi connectivity index (χ2n) is 17.2. The standard InChI is InChI=1S/C50H63ClF3N5O12/c1-6-49(2,3)45(63)47(65)59-21-8-7-12-38(59)48(66)71-39(15-13-32-14-16-40(67-4)41(26-32)68-5)33-10-9-11-36(28-33)57-43(61)18-22-69-24-25-70-23-20-55-42(60)17-19-56-46(64)34-27-35(50(52,53)54)30-37(29-34)58-44(62)31-51/h9-11,14,16,26-30,38-39H,6-8,12-13,15,17-25,31H2,1-5H3,(H,55,60)(H,56,64)(H,57,61)(H,58,62)/t38-,39+/m0/s1. The molecule has 0 bridgehead atoms. The lowest BCUT2D eigenvalue weighted by Crippen LogP contribution is -2.53. The molecule has 0 unspecified atom stereocenters. The van der Waals surface area contributed by atoms with Crippen LogP contribution in [-0.2, 0) is 55.6 Å². The second kappa shape index (κ2) is 28.0. The molecule has 388 valence electrons. The van der Waals surface area contributed by atoms with Crippen LogP contribution in [0.25, 0.3) is 0 Å². The molecule has 3 aromatic carbocycles. The number of piperidine rings is 1. The van der Waals surface area contributed by atoms with Gasteiger partial charge in [-0.15, -0.1) is 11.6 Å². The van der Waals surface area contributed by atoms with Crippen molar-refractivity contribution in [3.05, 3.63) is 82.9 Å². The number of likely N-dealkylation sites (tertiary alicyclic amines) is 1. The van der Waals surface area contributed by atoms with E-state index in [1.54, 1.807) is 51.3 Å². The minimum Gasteiger partial charge on any atom is -0.493 e. The van der Waals surface area contributed by atoms with Crippen LogP contribution in [0.4, 0.5) is 24.5 Å². The van der Waals surface area contributed by atoms with Gasteiger partial charge in [0.25, 0.3) is 11.8 Å². The van der Waals surface area contributed by atoms with Crippen molar-refractivity contribution < 1.29 is 70.4 Å². The van der Waals surface area contributed by atoms with Crippen molar-refractivity contribution in [2.24, 2.45) is 5.41 Å². The number of hydrogen-bond donors (Lipinski definition) is 4. The SMILES string of the molecule is CCC(C)(C)C(=O)C(=O)N1CCCC[C@H]1C(=O)O[C@H](CCc1ccc(OC)c(OC)c1)c1cccc(NC(=O)CCOCCOCCNC(=O)CCNC(=O)c2cc(NC(=O)CCl)cc(C(F)(F)F)c2)c1. The average molecular weight is 1020 g/mol. The summed E-state index contributed by atoms with van der Waals surface area (Å²) in [6.07, 6.45) is -2.81. The number of aryl methyl sites for hydroxylation is 1. The van der Waals surface area contributed by atoms with Gasteiger partial charge < -0.3 is 49.9 Å². The van der Waals surface area contributed by atoms with Gasteiger partial charge in [-0.25, -0.2) is 4.79 Å². The van der Waals surface area contributed by atoms with Gasteiger partial charge in [-0.3, -0.25) is 28.8 Å². The Bertz CT molecular complexity index is 2330. The summed E-state index contributed by atoms with van der Waals surface area (Å²) in [5, 5.41) is 10.0. The van der Waals surface area contributed by atoms with Crippen molar-refractivity contribution in [3.8, 4) is 11.5 Å². The molecular weight excluding hydrogens is 955 g/mol. The summed E-state index contributed by atoms with van der Waals surface area (Å²) in [5.74, 6) is -3.69. The van der Waals surface area contributed by atoms with Gasteiger partial charge in [0.2, 0.25) is 23.5 Å². The van der Waals surface area contributed by atoms with Crippen molar-refractivity contribution in [1.82, 2.24) is 15.5 Å². The summed E-state index contributed by atoms with van der Waals surface area (Å²) < 4.78 is 68.2. The number of Topliss-reactive ketones (excluding diaryl/α,β-unsaturated/α-hetero) is 1. The largest absolute Gasteiger partial charge is 0.493 e. The van der Waals surface area contributed by atoms with Gasteiger partial charge in [-0.1, -0.05) is 39.0 Å². The smallest absolute Gasteiger partial charge is 0.416 e.